The quantitative estimate of drug-likeness (QED) is 0.288. The van der Waals surface area contributed by atoms with Crippen LogP contribution in [0.25, 0.3) is 0 Å². The standard InChI is InChI=1S/C12H22N4O2S2.HI/c1-4-13-12(14-6-5-7-20(3,17)18)16-9-11-15-8-10(2)19-11;/h8H,4-7,9H2,1-3H3,(H2,13,14,16);1H. The molecule has 1 rings (SSSR count). The van der Waals surface area contributed by atoms with Crippen LogP contribution in [0.15, 0.2) is 11.2 Å². The van der Waals surface area contributed by atoms with Crippen LogP contribution in [-0.4, -0.2) is 44.5 Å². The summed E-state index contributed by atoms with van der Waals surface area (Å²) in [6.07, 6.45) is 3.65. The van der Waals surface area contributed by atoms with E-state index in [-0.39, 0.29) is 29.7 Å². The highest BCUT2D eigenvalue weighted by Gasteiger charge is 2.03. The lowest BCUT2D eigenvalue weighted by molar-refractivity contribution is 0.598. The SMILES string of the molecule is CCNC(=NCc1ncc(C)s1)NCCCS(C)(=O)=O.I. The van der Waals surface area contributed by atoms with E-state index >= 15 is 0 Å². The highest BCUT2D eigenvalue weighted by Crippen LogP contribution is 2.11. The van der Waals surface area contributed by atoms with Gasteiger partial charge < -0.3 is 10.6 Å². The largest absolute Gasteiger partial charge is 0.357 e. The number of hydrogen-bond acceptors (Lipinski definition) is 5. The molecule has 0 aliphatic rings. The number of aromatic nitrogens is 1. The van der Waals surface area contributed by atoms with Gasteiger partial charge in [-0.15, -0.1) is 35.3 Å². The third-order valence-corrected chi connectivity index (χ3v) is 4.30. The average Bonchev–Trinajstić information content (AvgIpc) is 2.76. The summed E-state index contributed by atoms with van der Waals surface area (Å²) in [7, 11) is -2.90. The van der Waals surface area contributed by atoms with Gasteiger partial charge in [0.25, 0.3) is 0 Å². The van der Waals surface area contributed by atoms with Crippen LogP contribution in [0.2, 0.25) is 0 Å². The molecule has 2 N–H and O–H groups in total. The van der Waals surface area contributed by atoms with Gasteiger partial charge in [-0.3, -0.25) is 0 Å². The fourth-order valence-electron chi connectivity index (χ4n) is 1.50. The Morgan fingerprint density at radius 3 is 2.67 bits per heavy atom. The fraction of sp³-hybridized carbons (Fsp3) is 0.667. The number of aliphatic imine (C=N–C) groups is 1. The number of hydrogen-bond donors (Lipinski definition) is 2. The molecule has 1 heterocycles. The molecule has 0 unspecified atom stereocenters. The molecule has 0 saturated heterocycles. The summed E-state index contributed by atoms with van der Waals surface area (Å²) in [6, 6.07) is 0. The number of aryl methyl sites for hydroxylation is 1. The minimum absolute atomic E-state index is 0. The second-order valence-electron chi connectivity index (χ2n) is 4.47. The Kier molecular flexibility index (Phi) is 10.1. The van der Waals surface area contributed by atoms with Crippen LogP contribution in [-0.2, 0) is 16.4 Å². The summed E-state index contributed by atoms with van der Waals surface area (Å²) in [5, 5.41) is 7.21. The third-order valence-electron chi connectivity index (χ3n) is 2.37. The second-order valence-corrected chi connectivity index (χ2v) is 8.05. The van der Waals surface area contributed by atoms with E-state index in [4.69, 9.17) is 0 Å². The van der Waals surface area contributed by atoms with E-state index in [1.807, 2.05) is 20.0 Å². The van der Waals surface area contributed by atoms with Crippen molar-refractivity contribution in [3.05, 3.63) is 16.1 Å². The second kappa shape index (κ2) is 10.3. The van der Waals surface area contributed by atoms with Crippen LogP contribution in [0.1, 0.15) is 23.2 Å². The van der Waals surface area contributed by atoms with Gasteiger partial charge in [0.1, 0.15) is 14.8 Å². The first-order valence-corrected chi connectivity index (χ1v) is 9.39. The normalized spacial score (nSPS) is 11.9. The molecule has 0 amide bonds. The monoisotopic (exact) mass is 446 g/mol. The van der Waals surface area contributed by atoms with Gasteiger partial charge in [-0.2, -0.15) is 0 Å². The van der Waals surface area contributed by atoms with E-state index in [0.29, 0.717) is 25.5 Å². The number of rotatable bonds is 7. The first-order valence-electron chi connectivity index (χ1n) is 6.52. The van der Waals surface area contributed by atoms with Crippen molar-refractivity contribution in [2.24, 2.45) is 4.99 Å². The number of halogens is 1. The molecule has 0 fully saturated rings. The summed E-state index contributed by atoms with van der Waals surface area (Å²) in [5.41, 5.74) is 0. The Labute approximate surface area is 147 Å². The Morgan fingerprint density at radius 1 is 1.43 bits per heavy atom. The lowest BCUT2D eigenvalue weighted by Crippen LogP contribution is -2.38. The highest BCUT2D eigenvalue weighted by atomic mass is 127. The van der Waals surface area contributed by atoms with Crippen LogP contribution >= 0.6 is 35.3 Å². The number of thiazole rings is 1. The Balaban J connectivity index is 0.00000400. The minimum atomic E-state index is -2.90. The molecule has 0 radical (unpaired) electrons. The van der Waals surface area contributed by atoms with Gasteiger partial charge >= 0.3 is 0 Å². The molecule has 0 aliphatic heterocycles. The van der Waals surface area contributed by atoms with Crippen molar-refractivity contribution in [1.29, 1.82) is 0 Å². The average molecular weight is 446 g/mol. The van der Waals surface area contributed by atoms with E-state index in [2.05, 4.69) is 20.6 Å². The predicted molar refractivity (Wildman–Crippen MR) is 99.4 cm³/mol. The van der Waals surface area contributed by atoms with E-state index in [0.717, 1.165) is 11.6 Å². The molecule has 122 valence electrons. The van der Waals surface area contributed by atoms with Gasteiger partial charge in [0.15, 0.2) is 5.96 Å². The van der Waals surface area contributed by atoms with Crippen molar-refractivity contribution in [2.75, 3.05) is 25.1 Å². The van der Waals surface area contributed by atoms with Gasteiger partial charge in [-0.1, -0.05) is 0 Å². The fourth-order valence-corrected chi connectivity index (χ4v) is 2.88. The molecule has 0 spiro atoms. The predicted octanol–water partition coefficient (Wildman–Crippen LogP) is 1.56. The van der Waals surface area contributed by atoms with Crippen molar-refractivity contribution in [1.82, 2.24) is 15.6 Å². The van der Waals surface area contributed by atoms with Crippen molar-refractivity contribution >= 4 is 51.1 Å². The molecule has 0 aliphatic carbocycles. The lowest BCUT2D eigenvalue weighted by Gasteiger charge is -2.10. The van der Waals surface area contributed by atoms with Crippen LogP contribution in [0, 0.1) is 6.92 Å². The summed E-state index contributed by atoms with van der Waals surface area (Å²) in [4.78, 5) is 9.84. The summed E-state index contributed by atoms with van der Waals surface area (Å²) in [6.45, 7) is 5.87. The number of nitrogens with one attached hydrogen (secondary N) is 2. The van der Waals surface area contributed by atoms with Crippen molar-refractivity contribution < 1.29 is 8.42 Å². The first-order chi connectivity index (χ1) is 9.40. The van der Waals surface area contributed by atoms with Crippen molar-refractivity contribution in [3.63, 3.8) is 0 Å². The van der Waals surface area contributed by atoms with Crippen LogP contribution in [0.4, 0.5) is 0 Å². The van der Waals surface area contributed by atoms with Crippen molar-refractivity contribution in [2.45, 2.75) is 26.8 Å². The first kappa shape index (κ1) is 20.6. The maximum atomic E-state index is 11.0. The molecule has 1 aromatic heterocycles. The molecular weight excluding hydrogens is 423 g/mol. The topological polar surface area (TPSA) is 83.4 Å². The summed E-state index contributed by atoms with van der Waals surface area (Å²) >= 11 is 1.63. The van der Waals surface area contributed by atoms with E-state index in [1.165, 1.54) is 11.1 Å². The smallest absolute Gasteiger partial charge is 0.191 e. The zero-order chi connectivity index (χ0) is 15.0. The molecule has 21 heavy (non-hydrogen) atoms. The van der Waals surface area contributed by atoms with E-state index in [1.54, 1.807) is 11.3 Å². The Hall–Kier alpha value is -0.420. The number of guanidine groups is 1. The lowest BCUT2D eigenvalue weighted by atomic mass is 10.5. The van der Waals surface area contributed by atoms with Gasteiger partial charge in [0.05, 0.1) is 12.3 Å². The number of nitrogens with zero attached hydrogens (tertiary/aromatic N) is 2. The summed E-state index contributed by atoms with van der Waals surface area (Å²) in [5.74, 6) is 0.874. The Morgan fingerprint density at radius 2 is 2.14 bits per heavy atom. The van der Waals surface area contributed by atoms with Crippen LogP contribution < -0.4 is 10.6 Å². The van der Waals surface area contributed by atoms with Gasteiger partial charge in [0, 0.05) is 30.4 Å². The molecule has 9 heteroatoms. The maximum absolute atomic E-state index is 11.0. The molecule has 0 aromatic carbocycles. The number of sulfone groups is 1. The minimum Gasteiger partial charge on any atom is -0.357 e. The van der Waals surface area contributed by atoms with Gasteiger partial charge in [-0.25, -0.2) is 18.4 Å². The van der Waals surface area contributed by atoms with Gasteiger partial charge in [0.2, 0.25) is 0 Å². The van der Waals surface area contributed by atoms with Crippen LogP contribution in [0.3, 0.4) is 0 Å². The highest BCUT2D eigenvalue weighted by molar-refractivity contribution is 14.0. The molecule has 0 saturated carbocycles. The Bertz CT molecular complexity index is 543. The zero-order valence-corrected chi connectivity index (χ0v) is 16.5. The van der Waals surface area contributed by atoms with E-state index < -0.39 is 9.84 Å². The summed E-state index contributed by atoms with van der Waals surface area (Å²) < 4.78 is 22.1. The molecule has 6 nitrogen and oxygen atoms in total. The molecular formula is C12H23IN4O2S2. The third kappa shape index (κ3) is 10.0. The molecule has 0 atom stereocenters. The molecule has 1 aromatic rings. The molecule has 0 bridgehead atoms. The van der Waals surface area contributed by atoms with Gasteiger partial charge in [-0.05, 0) is 20.3 Å². The van der Waals surface area contributed by atoms with E-state index in [9.17, 15) is 8.42 Å². The van der Waals surface area contributed by atoms with Crippen molar-refractivity contribution in [3.8, 4) is 0 Å². The maximum Gasteiger partial charge on any atom is 0.191 e. The van der Waals surface area contributed by atoms with Crippen LogP contribution in [0.5, 0.6) is 0 Å². The zero-order valence-electron chi connectivity index (χ0n) is 12.5.